The molecular formula is C13H17N3S. The van der Waals surface area contributed by atoms with Gasteiger partial charge in [-0.15, -0.1) is 11.3 Å². The quantitative estimate of drug-likeness (QED) is 0.825. The van der Waals surface area contributed by atoms with E-state index in [1.165, 1.54) is 10.4 Å². The van der Waals surface area contributed by atoms with Crippen LogP contribution in [0.25, 0.3) is 10.7 Å². The van der Waals surface area contributed by atoms with E-state index in [0.717, 1.165) is 30.2 Å². The minimum absolute atomic E-state index is 0.900. The number of aryl methyl sites for hydroxylation is 1. The van der Waals surface area contributed by atoms with Gasteiger partial charge in [-0.2, -0.15) is 0 Å². The fraction of sp³-hybridized carbons (Fsp3) is 0.385. The Morgan fingerprint density at radius 3 is 3.00 bits per heavy atom. The van der Waals surface area contributed by atoms with Gasteiger partial charge in [0.2, 0.25) is 0 Å². The third kappa shape index (κ3) is 3.35. The largest absolute Gasteiger partial charge is 0.312 e. The van der Waals surface area contributed by atoms with Gasteiger partial charge in [-0.05, 0) is 37.6 Å². The second-order valence-electron chi connectivity index (χ2n) is 4.03. The van der Waals surface area contributed by atoms with E-state index in [2.05, 4.69) is 35.2 Å². The second kappa shape index (κ2) is 5.89. The summed E-state index contributed by atoms with van der Waals surface area (Å²) < 4.78 is 0. The Labute approximate surface area is 106 Å². The summed E-state index contributed by atoms with van der Waals surface area (Å²) in [5.41, 5.74) is 2.19. The van der Waals surface area contributed by atoms with E-state index in [0.29, 0.717) is 0 Å². The molecule has 0 unspecified atom stereocenters. The molecular weight excluding hydrogens is 230 g/mol. The molecule has 2 aromatic rings. The van der Waals surface area contributed by atoms with Gasteiger partial charge in [-0.1, -0.05) is 6.92 Å². The van der Waals surface area contributed by atoms with Gasteiger partial charge in [-0.3, -0.25) is 4.98 Å². The average Bonchev–Trinajstić information content (AvgIpc) is 2.78. The molecule has 1 N–H and O–H groups in total. The molecule has 0 fully saturated rings. The molecule has 0 saturated heterocycles. The fourth-order valence-electron chi connectivity index (χ4n) is 1.55. The lowest BCUT2D eigenvalue weighted by Gasteiger charge is -1.98. The number of hydrogen-bond acceptors (Lipinski definition) is 4. The molecule has 17 heavy (non-hydrogen) atoms. The van der Waals surface area contributed by atoms with Gasteiger partial charge in [0, 0.05) is 23.8 Å². The maximum atomic E-state index is 4.42. The van der Waals surface area contributed by atoms with Gasteiger partial charge in [-0.25, -0.2) is 4.98 Å². The van der Waals surface area contributed by atoms with Gasteiger partial charge in [0.15, 0.2) is 0 Å². The Morgan fingerprint density at radius 1 is 1.35 bits per heavy atom. The minimum atomic E-state index is 0.900. The SMILES string of the molecule is CCCNCc1cnc(-c2cc(C)ccn2)s1. The van der Waals surface area contributed by atoms with Crippen molar-refractivity contribution in [2.24, 2.45) is 0 Å². The summed E-state index contributed by atoms with van der Waals surface area (Å²) in [7, 11) is 0. The fourth-order valence-corrected chi connectivity index (χ4v) is 2.40. The highest BCUT2D eigenvalue weighted by Gasteiger charge is 2.05. The first-order valence-electron chi connectivity index (χ1n) is 5.88. The number of aromatic nitrogens is 2. The van der Waals surface area contributed by atoms with Crippen molar-refractivity contribution < 1.29 is 0 Å². The van der Waals surface area contributed by atoms with Crippen LogP contribution in [0.1, 0.15) is 23.8 Å². The van der Waals surface area contributed by atoms with Crippen molar-refractivity contribution in [1.82, 2.24) is 15.3 Å². The highest BCUT2D eigenvalue weighted by Crippen LogP contribution is 2.23. The van der Waals surface area contributed by atoms with Crippen LogP contribution in [0.4, 0.5) is 0 Å². The number of nitrogens with zero attached hydrogens (tertiary/aromatic N) is 2. The Balaban J connectivity index is 2.07. The molecule has 2 aromatic heterocycles. The summed E-state index contributed by atoms with van der Waals surface area (Å²) in [5.74, 6) is 0. The van der Waals surface area contributed by atoms with Crippen LogP contribution in [0.15, 0.2) is 24.5 Å². The molecule has 0 saturated carbocycles. The van der Waals surface area contributed by atoms with Crippen molar-refractivity contribution in [2.45, 2.75) is 26.8 Å². The average molecular weight is 247 g/mol. The van der Waals surface area contributed by atoms with E-state index in [-0.39, 0.29) is 0 Å². The molecule has 0 aliphatic carbocycles. The Morgan fingerprint density at radius 2 is 2.24 bits per heavy atom. The lowest BCUT2D eigenvalue weighted by molar-refractivity contribution is 0.681. The monoisotopic (exact) mass is 247 g/mol. The highest BCUT2D eigenvalue weighted by atomic mass is 32.1. The number of nitrogens with one attached hydrogen (secondary N) is 1. The first-order chi connectivity index (χ1) is 8.29. The summed E-state index contributed by atoms with van der Waals surface area (Å²) >= 11 is 1.71. The lowest BCUT2D eigenvalue weighted by Crippen LogP contribution is -2.12. The first kappa shape index (κ1) is 12.2. The van der Waals surface area contributed by atoms with E-state index in [1.807, 2.05) is 18.5 Å². The molecule has 4 heteroatoms. The molecule has 0 aliphatic rings. The van der Waals surface area contributed by atoms with Crippen LogP contribution < -0.4 is 5.32 Å². The summed E-state index contributed by atoms with van der Waals surface area (Å²) in [6.07, 6.45) is 4.93. The lowest BCUT2D eigenvalue weighted by atomic mass is 10.2. The summed E-state index contributed by atoms with van der Waals surface area (Å²) in [5, 5.41) is 4.38. The normalized spacial score (nSPS) is 10.7. The molecule has 0 radical (unpaired) electrons. The van der Waals surface area contributed by atoms with E-state index in [4.69, 9.17) is 0 Å². The maximum Gasteiger partial charge on any atom is 0.142 e. The molecule has 3 nitrogen and oxygen atoms in total. The zero-order valence-corrected chi connectivity index (χ0v) is 11.0. The Kier molecular flexibility index (Phi) is 4.23. The predicted octanol–water partition coefficient (Wildman–Crippen LogP) is 3.01. The summed E-state index contributed by atoms with van der Waals surface area (Å²) in [4.78, 5) is 10.0. The van der Waals surface area contributed by atoms with Gasteiger partial charge in [0.1, 0.15) is 5.01 Å². The topological polar surface area (TPSA) is 37.8 Å². The van der Waals surface area contributed by atoms with Crippen LogP contribution in [0, 0.1) is 6.92 Å². The Bertz CT molecular complexity index is 479. The maximum absolute atomic E-state index is 4.42. The number of pyridine rings is 1. The van der Waals surface area contributed by atoms with Crippen molar-refractivity contribution in [2.75, 3.05) is 6.54 Å². The molecule has 0 aliphatic heterocycles. The molecule has 90 valence electrons. The molecule has 0 atom stereocenters. The molecule has 0 spiro atoms. The predicted molar refractivity (Wildman–Crippen MR) is 72.1 cm³/mol. The second-order valence-corrected chi connectivity index (χ2v) is 5.14. The Hall–Kier alpha value is -1.26. The van der Waals surface area contributed by atoms with Gasteiger partial charge in [0.05, 0.1) is 5.69 Å². The minimum Gasteiger partial charge on any atom is -0.312 e. The number of hydrogen-bond donors (Lipinski definition) is 1. The smallest absolute Gasteiger partial charge is 0.142 e. The van der Waals surface area contributed by atoms with Crippen LogP contribution in [-0.4, -0.2) is 16.5 Å². The van der Waals surface area contributed by atoms with E-state index in [9.17, 15) is 0 Å². The van der Waals surface area contributed by atoms with Gasteiger partial charge >= 0.3 is 0 Å². The molecule has 0 aromatic carbocycles. The van der Waals surface area contributed by atoms with Crippen LogP contribution in [0.5, 0.6) is 0 Å². The molecule has 0 amide bonds. The summed E-state index contributed by atoms with van der Waals surface area (Å²) in [6, 6.07) is 4.07. The van der Waals surface area contributed by atoms with Crippen molar-refractivity contribution in [3.8, 4) is 10.7 Å². The van der Waals surface area contributed by atoms with E-state index < -0.39 is 0 Å². The van der Waals surface area contributed by atoms with Crippen molar-refractivity contribution in [3.05, 3.63) is 35.0 Å². The standard InChI is InChI=1S/C13H17N3S/c1-3-5-14-8-11-9-16-13(17-11)12-7-10(2)4-6-15-12/h4,6-7,9,14H,3,5,8H2,1-2H3. The third-order valence-electron chi connectivity index (χ3n) is 2.41. The zero-order chi connectivity index (χ0) is 12.1. The van der Waals surface area contributed by atoms with E-state index in [1.54, 1.807) is 11.3 Å². The van der Waals surface area contributed by atoms with Crippen LogP contribution in [0.3, 0.4) is 0 Å². The zero-order valence-electron chi connectivity index (χ0n) is 10.2. The van der Waals surface area contributed by atoms with Gasteiger partial charge < -0.3 is 5.32 Å². The molecule has 2 rings (SSSR count). The number of thiazole rings is 1. The highest BCUT2D eigenvalue weighted by molar-refractivity contribution is 7.14. The van der Waals surface area contributed by atoms with Crippen molar-refractivity contribution in [1.29, 1.82) is 0 Å². The van der Waals surface area contributed by atoms with Crippen molar-refractivity contribution >= 4 is 11.3 Å². The number of rotatable bonds is 5. The molecule has 2 heterocycles. The van der Waals surface area contributed by atoms with Crippen molar-refractivity contribution in [3.63, 3.8) is 0 Å². The van der Waals surface area contributed by atoms with Crippen LogP contribution in [-0.2, 0) is 6.54 Å². The first-order valence-corrected chi connectivity index (χ1v) is 6.69. The van der Waals surface area contributed by atoms with Gasteiger partial charge in [0.25, 0.3) is 0 Å². The van der Waals surface area contributed by atoms with E-state index >= 15 is 0 Å². The molecule has 0 bridgehead atoms. The third-order valence-corrected chi connectivity index (χ3v) is 3.43. The summed E-state index contributed by atoms with van der Waals surface area (Å²) in [6.45, 7) is 6.19. The van der Waals surface area contributed by atoms with Crippen LogP contribution in [0.2, 0.25) is 0 Å². The van der Waals surface area contributed by atoms with Crippen LogP contribution >= 0.6 is 11.3 Å².